The molecular formula is C20H27NO4. The second-order valence-corrected chi connectivity index (χ2v) is 8.15. The highest BCUT2D eigenvalue weighted by Crippen LogP contribution is 2.57. The first-order chi connectivity index (χ1) is 11.9. The molecule has 0 saturated heterocycles. The fourth-order valence-electron chi connectivity index (χ4n) is 5.15. The molecule has 0 amide bonds. The molecule has 5 nitrogen and oxygen atoms in total. The number of nitrogens with one attached hydrogen (secondary N) is 1. The van der Waals surface area contributed by atoms with E-state index in [1.165, 1.54) is 18.9 Å². The molecule has 2 saturated carbocycles. The van der Waals surface area contributed by atoms with Gasteiger partial charge in [-0.15, -0.1) is 0 Å². The van der Waals surface area contributed by atoms with E-state index in [-0.39, 0.29) is 29.7 Å². The van der Waals surface area contributed by atoms with Crippen molar-refractivity contribution >= 4 is 5.78 Å². The van der Waals surface area contributed by atoms with Crippen LogP contribution in [0.1, 0.15) is 56.6 Å². The number of benzene rings is 1. The minimum atomic E-state index is -1.09. The van der Waals surface area contributed by atoms with E-state index in [0.29, 0.717) is 37.2 Å². The lowest BCUT2D eigenvalue weighted by molar-refractivity contribution is -0.142. The van der Waals surface area contributed by atoms with Crippen LogP contribution >= 0.6 is 0 Å². The van der Waals surface area contributed by atoms with E-state index in [9.17, 15) is 20.1 Å². The molecule has 4 N–H and O–H groups in total. The van der Waals surface area contributed by atoms with Gasteiger partial charge in [-0.2, -0.15) is 0 Å². The van der Waals surface area contributed by atoms with Crippen molar-refractivity contribution in [2.45, 2.75) is 68.9 Å². The first kappa shape index (κ1) is 16.9. The molecule has 3 atom stereocenters. The maximum atomic E-state index is 12.3. The Morgan fingerprint density at radius 1 is 1.28 bits per heavy atom. The summed E-state index contributed by atoms with van der Waals surface area (Å²) in [5.74, 6) is 0.451. The van der Waals surface area contributed by atoms with Gasteiger partial charge in [0.25, 0.3) is 0 Å². The number of hydrogen-bond donors (Lipinski definition) is 4. The Kier molecular flexibility index (Phi) is 3.85. The zero-order valence-corrected chi connectivity index (χ0v) is 14.7. The van der Waals surface area contributed by atoms with Gasteiger partial charge in [0.1, 0.15) is 5.78 Å². The largest absolute Gasteiger partial charge is 0.504 e. The highest BCUT2D eigenvalue weighted by atomic mass is 16.3. The van der Waals surface area contributed by atoms with Crippen molar-refractivity contribution in [1.29, 1.82) is 0 Å². The molecule has 0 spiro atoms. The van der Waals surface area contributed by atoms with Crippen molar-refractivity contribution in [3.8, 4) is 11.5 Å². The fourth-order valence-corrected chi connectivity index (χ4v) is 5.15. The Balaban J connectivity index is 1.85. The average Bonchev–Trinajstić information content (AvgIpc) is 3.41. The van der Waals surface area contributed by atoms with E-state index in [4.69, 9.17) is 0 Å². The normalized spacial score (nSPS) is 34.5. The Morgan fingerprint density at radius 3 is 2.72 bits per heavy atom. The monoisotopic (exact) mass is 345 g/mol. The number of aliphatic hydroxyl groups is 1. The second-order valence-electron chi connectivity index (χ2n) is 8.15. The zero-order valence-electron chi connectivity index (χ0n) is 14.7. The van der Waals surface area contributed by atoms with Crippen molar-refractivity contribution in [2.24, 2.45) is 5.92 Å². The third-order valence-electron chi connectivity index (χ3n) is 6.79. The predicted octanol–water partition coefficient (Wildman–Crippen LogP) is 2.15. The maximum Gasteiger partial charge on any atom is 0.161 e. The van der Waals surface area contributed by atoms with Crippen LogP contribution in [0, 0.1) is 5.92 Å². The van der Waals surface area contributed by atoms with Gasteiger partial charge in [-0.25, -0.2) is 0 Å². The third kappa shape index (κ3) is 2.40. The van der Waals surface area contributed by atoms with Crippen LogP contribution in [0.25, 0.3) is 0 Å². The van der Waals surface area contributed by atoms with Gasteiger partial charge < -0.3 is 20.6 Å². The third-order valence-corrected chi connectivity index (χ3v) is 6.79. The number of Topliss-reactive ketones (excluding diaryl/α,β-unsaturated/α-hetero) is 1. The summed E-state index contributed by atoms with van der Waals surface area (Å²) in [5.41, 5.74) is -0.442. The Labute approximate surface area is 148 Å². The second kappa shape index (κ2) is 5.71. The first-order valence-corrected chi connectivity index (χ1v) is 9.43. The van der Waals surface area contributed by atoms with E-state index in [2.05, 4.69) is 5.32 Å². The molecular weight excluding hydrogens is 318 g/mol. The zero-order chi connectivity index (χ0) is 17.8. The van der Waals surface area contributed by atoms with Crippen LogP contribution in [0.15, 0.2) is 12.1 Å². The molecule has 3 aliphatic carbocycles. The van der Waals surface area contributed by atoms with E-state index >= 15 is 0 Å². The van der Waals surface area contributed by atoms with Gasteiger partial charge in [-0.05, 0) is 56.2 Å². The van der Waals surface area contributed by atoms with E-state index in [1.807, 2.05) is 13.0 Å². The van der Waals surface area contributed by atoms with Crippen molar-refractivity contribution in [3.63, 3.8) is 0 Å². The average molecular weight is 345 g/mol. The molecule has 0 aromatic heterocycles. The summed E-state index contributed by atoms with van der Waals surface area (Å²) in [7, 11) is 0. The van der Waals surface area contributed by atoms with Gasteiger partial charge in [0.2, 0.25) is 0 Å². The van der Waals surface area contributed by atoms with Crippen LogP contribution in [0.3, 0.4) is 0 Å². The topological polar surface area (TPSA) is 89.8 Å². The number of ketones is 1. The number of phenolic OH excluding ortho intramolecular Hbond substituents is 2. The SMILES string of the molecule is CCC12CC(=O)CCC1(O)C(NCC1CC1)Cc1ccc(O)c(O)c12. The summed E-state index contributed by atoms with van der Waals surface area (Å²) in [6.45, 7) is 2.85. The highest BCUT2D eigenvalue weighted by molar-refractivity contribution is 5.83. The molecule has 2 fully saturated rings. The standard InChI is InChI=1S/C20H27NO4/c1-2-19-10-14(22)7-8-20(19,25)16(21-11-12-3-4-12)9-13-5-6-15(23)18(24)17(13)19/h5-6,12,16,21,23-25H,2-4,7-11H2,1H3. The smallest absolute Gasteiger partial charge is 0.161 e. The van der Waals surface area contributed by atoms with Crippen molar-refractivity contribution < 1.29 is 20.1 Å². The first-order valence-electron chi connectivity index (χ1n) is 9.43. The summed E-state index contributed by atoms with van der Waals surface area (Å²) in [5, 5.41) is 36.0. The Hall–Kier alpha value is -1.59. The molecule has 5 heteroatoms. The van der Waals surface area contributed by atoms with E-state index in [0.717, 1.165) is 12.1 Å². The van der Waals surface area contributed by atoms with Crippen molar-refractivity contribution in [2.75, 3.05) is 6.54 Å². The Morgan fingerprint density at radius 2 is 2.04 bits per heavy atom. The van der Waals surface area contributed by atoms with Crippen LogP contribution < -0.4 is 5.32 Å². The lowest BCUT2D eigenvalue weighted by Gasteiger charge is -2.57. The van der Waals surface area contributed by atoms with Crippen molar-refractivity contribution in [3.05, 3.63) is 23.3 Å². The van der Waals surface area contributed by atoms with E-state index in [1.54, 1.807) is 0 Å². The number of rotatable bonds is 4. The Bertz CT molecular complexity index is 714. The van der Waals surface area contributed by atoms with Gasteiger partial charge in [-0.3, -0.25) is 4.79 Å². The molecule has 4 rings (SSSR count). The molecule has 3 aliphatic rings. The molecule has 0 heterocycles. The number of phenols is 2. The summed E-state index contributed by atoms with van der Waals surface area (Å²) >= 11 is 0. The quantitative estimate of drug-likeness (QED) is 0.628. The molecule has 136 valence electrons. The maximum absolute atomic E-state index is 12.3. The number of carbonyl (C=O) groups is 1. The number of fused-ring (bicyclic) bond motifs is 3. The fraction of sp³-hybridized carbons (Fsp3) is 0.650. The van der Waals surface area contributed by atoms with Gasteiger partial charge >= 0.3 is 0 Å². The molecule has 0 radical (unpaired) electrons. The van der Waals surface area contributed by atoms with Gasteiger partial charge in [0.15, 0.2) is 11.5 Å². The molecule has 0 aliphatic heterocycles. The summed E-state index contributed by atoms with van der Waals surface area (Å²) in [6, 6.07) is 3.19. The minimum absolute atomic E-state index is 0.114. The molecule has 25 heavy (non-hydrogen) atoms. The van der Waals surface area contributed by atoms with Crippen LogP contribution in [-0.4, -0.2) is 39.3 Å². The summed E-state index contributed by atoms with van der Waals surface area (Å²) < 4.78 is 0. The van der Waals surface area contributed by atoms with Crippen LogP contribution in [0.5, 0.6) is 11.5 Å². The number of hydrogen-bond acceptors (Lipinski definition) is 5. The minimum Gasteiger partial charge on any atom is -0.504 e. The lowest BCUT2D eigenvalue weighted by Crippen LogP contribution is -2.68. The van der Waals surface area contributed by atoms with Gasteiger partial charge in [0, 0.05) is 29.9 Å². The molecule has 1 aromatic rings. The van der Waals surface area contributed by atoms with Crippen LogP contribution in [0.4, 0.5) is 0 Å². The molecule has 3 unspecified atom stereocenters. The van der Waals surface area contributed by atoms with Gasteiger partial charge in [-0.1, -0.05) is 13.0 Å². The summed E-state index contributed by atoms with van der Waals surface area (Å²) in [4.78, 5) is 12.3. The van der Waals surface area contributed by atoms with E-state index < -0.39 is 11.0 Å². The van der Waals surface area contributed by atoms with Gasteiger partial charge in [0.05, 0.1) is 5.60 Å². The number of aromatic hydroxyl groups is 2. The predicted molar refractivity (Wildman–Crippen MR) is 93.8 cm³/mol. The van der Waals surface area contributed by atoms with Crippen molar-refractivity contribution in [1.82, 2.24) is 5.32 Å². The van der Waals surface area contributed by atoms with Crippen LogP contribution in [-0.2, 0) is 16.6 Å². The lowest BCUT2D eigenvalue weighted by atomic mass is 9.51. The van der Waals surface area contributed by atoms with Crippen LogP contribution in [0.2, 0.25) is 0 Å². The molecule has 1 aromatic carbocycles. The molecule has 0 bridgehead atoms. The highest BCUT2D eigenvalue weighted by Gasteiger charge is 2.61. The number of carbonyl (C=O) groups excluding carboxylic acids is 1. The summed E-state index contributed by atoms with van der Waals surface area (Å²) in [6.07, 6.45) is 4.60.